The van der Waals surface area contributed by atoms with Gasteiger partial charge in [-0.3, -0.25) is 9.52 Å². The van der Waals surface area contributed by atoms with E-state index in [0.717, 1.165) is 19.3 Å². The second kappa shape index (κ2) is 6.62. The van der Waals surface area contributed by atoms with E-state index in [2.05, 4.69) is 0 Å². The molecule has 0 bridgehead atoms. The third-order valence-electron chi connectivity index (χ3n) is 3.96. The second-order valence-electron chi connectivity index (χ2n) is 5.86. The highest BCUT2D eigenvalue weighted by Crippen LogP contribution is 2.32. The fraction of sp³-hybridized carbons (Fsp3) is 0.533. The molecule has 1 N–H and O–H groups in total. The molecule has 0 aromatic heterocycles. The molecule has 1 aromatic carbocycles. The van der Waals surface area contributed by atoms with Crippen molar-refractivity contribution in [2.75, 3.05) is 16.2 Å². The lowest BCUT2D eigenvalue weighted by Crippen LogP contribution is -2.32. The van der Waals surface area contributed by atoms with Crippen molar-refractivity contribution in [1.82, 2.24) is 0 Å². The molecule has 9 heteroatoms. The summed E-state index contributed by atoms with van der Waals surface area (Å²) in [5.74, 6) is -0.107. The Kier molecular flexibility index (Phi) is 5.12. The Balaban J connectivity index is 2.43. The lowest BCUT2D eigenvalue weighted by molar-refractivity contribution is -0.118. The first kappa shape index (κ1) is 18.6. The number of sulfonamides is 1. The number of nitrogens with zero attached hydrogens (tertiary/aromatic N) is 1. The maximum absolute atomic E-state index is 12.6. The summed E-state index contributed by atoms with van der Waals surface area (Å²) in [5.41, 5.74) is -4.08. The maximum atomic E-state index is 12.6. The summed E-state index contributed by atoms with van der Waals surface area (Å²) in [4.78, 5) is 13.7. The first-order valence-corrected chi connectivity index (χ1v) is 9.02. The molecule has 1 aliphatic heterocycles. The Morgan fingerprint density at radius 1 is 1.08 bits per heavy atom. The second-order valence-corrected chi connectivity index (χ2v) is 7.53. The Bertz CT molecular complexity index is 745. The summed E-state index contributed by atoms with van der Waals surface area (Å²) in [6.07, 6.45) is 2.84. The molecule has 1 amide bonds. The summed E-state index contributed by atoms with van der Waals surface area (Å²) in [6, 6.07) is 2.87. The molecule has 1 saturated heterocycles. The Hall–Kier alpha value is -1.77. The van der Waals surface area contributed by atoms with Crippen molar-refractivity contribution in [3.05, 3.63) is 23.3 Å². The maximum Gasteiger partial charge on any atom is 0.516 e. The van der Waals surface area contributed by atoms with Crippen LogP contribution in [0.15, 0.2) is 12.1 Å². The van der Waals surface area contributed by atoms with Crippen LogP contribution < -0.4 is 9.62 Å². The highest BCUT2D eigenvalue weighted by molar-refractivity contribution is 7.93. The Morgan fingerprint density at radius 2 is 1.75 bits per heavy atom. The third kappa shape index (κ3) is 3.82. The number of anilines is 2. The van der Waals surface area contributed by atoms with Crippen molar-refractivity contribution >= 4 is 27.3 Å². The normalized spacial score (nSPS) is 16.9. The molecule has 0 unspecified atom stereocenters. The quantitative estimate of drug-likeness (QED) is 0.893. The Labute approximate surface area is 138 Å². The van der Waals surface area contributed by atoms with Crippen LogP contribution in [0.3, 0.4) is 0 Å². The van der Waals surface area contributed by atoms with Crippen LogP contribution in [-0.2, 0) is 14.8 Å². The van der Waals surface area contributed by atoms with Gasteiger partial charge in [0.1, 0.15) is 0 Å². The molecule has 2 rings (SSSR count). The largest absolute Gasteiger partial charge is 0.516 e. The van der Waals surface area contributed by atoms with E-state index in [1.54, 1.807) is 17.7 Å². The number of amides is 1. The highest BCUT2D eigenvalue weighted by atomic mass is 32.2. The number of hydrogen-bond acceptors (Lipinski definition) is 3. The first-order valence-electron chi connectivity index (χ1n) is 7.53. The predicted molar refractivity (Wildman–Crippen MR) is 85.3 cm³/mol. The van der Waals surface area contributed by atoms with Gasteiger partial charge in [-0.1, -0.05) is 12.5 Å². The molecule has 0 atom stereocenters. The van der Waals surface area contributed by atoms with Gasteiger partial charge in [0.05, 0.1) is 5.69 Å². The number of alkyl halides is 3. The highest BCUT2D eigenvalue weighted by Gasteiger charge is 2.46. The average molecular weight is 364 g/mol. The molecule has 1 aliphatic rings. The van der Waals surface area contributed by atoms with Crippen LogP contribution in [0.5, 0.6) is 0 Å². The van der Waals surface area contributed by atoms with Crippen molar-refractivity contribution in [2.45, 2.75) is 45.0 Å². The molecule has 134 valence electrons. The van der Waals surface area contributed by atoms with Crippen molar-refractivity contribution < 1.29 is 26.4 Å². The molecule has 1 aromatic rings. The van der Waals surface area contributed by atoms with Crippen molar-refractivity contribution in [3.63, 3.8) is 0 Å². The van der Waals surface area contributed by atoms with E-state index in [9.17, 15) is 26.4 Å². The molecule has 5 nitrogen and oxygen atoms in total. The number of rotatable bonds is 3. The number of nitrogens with one attached hydrogen (secondary N) is 1. The van der Waals surface area contributed by atoms with E-state index >= 15 is 0 Å². The van der Waals surface area contributed by atoms with Gasteiger partial charge in [0.15, 0.2) is 0 Å². The van der Waals surface area contributed by atoms with Crippen LogP contribution in [0.25, 0.3) is 0 Å². The third-order valence-corrected chi connectivity index (χ3v) is 5.05. The van der Waals surface area contributed by atoms with E-state index < -0.39 is 15.5 Å². The van der Waals surface area contributed by atoms with Gasteiger partial charge >= 0.3 is 15.5 Å². The van der Waals surface area contributed by atoms with Gasteiger partial charge in [-0.2, -0.15) is 21.6 Å². The minimum absolute atomic E-state index is 0.107. The molecular weight excluding hydrogens is 345 g/mol. The molecule has 24 heavy (non-hydrogen) atoms. The molecule has 1 heterocycles. The number of benzene rings is 1. The van der Waals surface area contributed by atoms with Gasteiger partial charge in [0.2, 0.25) is 5.91 Å². The van der Waals surface area contributed by atoms with Gasteiger partial charge in [-0.15, -0.1) is 0 Å². The van der Waals surface area contributed by atoms with Crippen LogP contribution in [0.1, 0.15) is 36.8 Å². The zero-order chi connectivity index (χ0) is 18.1. The van der Waals surface area contributed by atoms with E-state index in [0.29, 0.717) is 29.8 Å². The predicted octanol–water partition coefficient (Wildman–Crippen LogP) is 3.47. The van der Waals surface area contributed by atoms with Gasteiger partial charge < -0.3 is 4.90 Å². The monoisotopic (exact) mass is 364 g/mol. The van der Waals surface area contributed by atoms with Crippen molar-refractivity contribution in [1.29, 1.82) is 0 Å². The fourth-order valence-electron chi connectivity index (χ4n) is 2.68. The van der Waals surface area contributed by atoms with Crippen LogP contribution in [0.4, 0.5) is 24.5 Å². The summed E-state index contributed by atoms with van der Waals surface area (Å²) >= 11 is 0. The number of halogens is 3. The Morgan fingerprint density at radius 3 is 2.38 bits per heavy atom. The summed E-state index contributed by atoms with van der Waals surface area (Å²) in [7, 11) is -5.51. The minimum Gasteiger partial charge on any atom is -0.312 e. The molecule has 0 saturated carbocycles. The number of carbonyl (C=O) groups is 1. The van der Waals surface area contributed by atoms with Crippen LogP contribution >= 0.6 is 0 Å². The first-order chi connectivity index (χ1) is 11.0. The number of aryl methyl sites for hydroxylation is 2. The standard InChI is InChI=1S/C15H19F3N2O3S/c1-10-8-11(2)13(20-7-5-3-4-6-14(20)21)9-12(10)19-24(22,23)15(16,17)18/h8-9,19H,3-7H2,1-2H3. The summed E-state index contributed by atoms with van der Waals surface area (Å²) in [5, 5.41) is 0. The van der Waals surface area contributed by atoms with Gasteiger partial charge in [-0.05, 0) is 43.9 Å². The smallest absolute Gasteiger partial charge is 0.312 e. The van der Waals surface area contributed by atoms with E-state index in [4.69, 9.17) is 0 Å². The number of hydrogen-bond donors (Lipinski definition) is 1. The SMILES string of the molecule is Cc1cc(C)c(N2CCCCCC2=O)cc1NS(=O)(=O)C(F)(F)F. The summed E-state index contributed by atoms with van der Waals surface area (Å²) in [6.45, 7) is 3.71. The molecular formula is C15H19F3N2O3S. The van der Waals surface area contributed by atoms with E-state index in [1.807, 2.05) is 0 Å². The molecule has 1 fully saturated rings. The lowest BCUT2D eigenvalue weighted by Gasteiger charge is -2.24. The zero-order valence-electron chi connectivity index (χ0n) is 13.4. The van der Waals surface area contributed by atoms with Gasteiger partial charge in [-0.25, -0.2) is 0 Å². The van der Waals surface area contributed by atoms with Crippen LogP contribution in [0.2, 0.25) is 0 Å². The van der Waals surface area contributed by atoms with Crippen LogP contribution in [0, 0.1) is 13.8 Å². The topological polar surface area (TPSA) is 66.5 Å². The minimum atomic E-state index is -5.51. The average Bonchev–Trinajstić information content (AvgIpc) is 2.65. The number of carbonyl (C=O) groups excluding carboxylic acids is 1. The zero-order valence-corrected chi connectivity index (χ0v) is 14.2. The molecule has 0 spiro atoms. The van der Waals surface area contributed by atoms with Gasteiger partial charge in [0, 0.05) is 18.7 Å². The van der Waals surface area contributed by atoms with E-state index in [-0.39, 0.29) is 11.6 Å². The van der Waals surface area contributed by atoms with E-state index in [1.165, 1.54) is 17.9 Å². The van der Waals surface area contributed by atoms with Crippen LogP contribution in [-0.4, -0.2) is 26.4 Å². The molecule has 0 radical (unpaired) electrons. The molecule has 0 aliphatic carbocycles. The fourth-order valence-corrected chi connectivity index (χ4v) is 3.31. The van der Waals surface area contributed by atoms with Crippen molar-refractivity contribution in [3.8, 4) is 0 Å². The lowest BCUT2D eigenvalue weighted by atomic mass is 10.1. The summed E-state index contributed by atoms with van der Waals surface area (Å²) < 4.78 is 62.0. The van der Waals surface area contributed by atoms with Gasteiger partial charge in [0.25, 0.3) is 0 Å². The van der Waals surface area contributed by atoms with Crippen molar-refractivity contribution in [2.24, 2.45) is 0 Å².